The summed E-state index contributed by atoms with van der Waals surface area (Å²) in [5, 5.41) is 9.05. The van der Waals surface area contributed by atoms with Gasteiger partial charge in [-0.1, -0.05) is 18.2 Å². The fourth-order valence-corrected chi connectivity index (χ4v) is 2.07. The molecular weight excluding hydrogens is 260 g/mol. The van der Waals surface area contributed by atoms with E-state index in [1.165, 1.54) is 0 Å². The van der Waals surface area contributed by atoms with Crippen LogP contribution in [0.2, 0.25) is 0 Å². The molecule has 0 bridgehead atoms. The van der Waals surface area contributed by atoms with Gasteiger partial charge in [0.15, 0.2) is 0 Å². The van der Waals surface area contributed by atoms with E-state index in [-0.39, 0.29) is 5.91 Å². The molecule has 0 unspecified atom stereocenters. The van der Waals surface area contributed by atoms with Crippen LogP contribution in [0.5, 0.6) is 0 Å². The quantitative estimate of drug-likeness (QED) is 0.567. The third-order valence-electron chi connectivity index (χ3n) is 3.01. The number of halogens is 1. The van der Waals surface area contributed by atoms with Gasteiger partial charge in [0.05, 0.1) is 11.6 Å². The van der Waals surface area contributed by atoms with Gasteiger partial charge in [-0.2, -0.15) is 5.26 Å². The lowest BCUT2D eigenvalue weighted by Crippen LogP contribution is -2.30. The van der Waals surface area contributed by atoms with Gasteiger partial charge in [0.2, 0.25) is 5.91 Å². The number of unbranched alkanes of at least 4 members (excludes halogenated alkanes) is 1. The van der Waals surface area contributed by atoms with Crippen LogP contribution in [0.1, 0.15) is 37.3 Å². The standard InChI is InChI=1S/C15H19ClN2O/c1-2-18(15(19)9-5-6-10-16)12-14-8-4-3-7-13(14)11-17/h3-4,7-8H,2,5-6,9-10,12H2,1H3. The molecule has 1 amide bonds. The number of carbonyl (C=O) groups excluding carboxylic acids is 1. The molecule has 0 aliphatic rings. The molecule has 102 valence electrons. The fraction of sp³-hybridized carbons (Fsp3) is 0.467. The average molecular weight is 279 g/mol. The van der Waals surface area contributed by atoms with E-state index in [4.69, 9.17) is 16.9 Å². The molecule has 0 aliphatic heterocycles. The predicted octanol–water partition coefficient (Wildman–Crippen LogP) is 3.32. The lowest BCUT2D eigenvalue weighted by molar-refractivity contribution is -0.131. The van der Waals surface area contributed by atoms with E-state index in [1.54, 1.807) is 11.0 Å². The van der Waals surface area contributed by atoms with Crippen molar-refractivity contribution in [1.29, 1.82) is 5.26 Å². The minimum absolute atomic E-state index is 0.125. The minimum atomic E-state index is 0.125. The van der Waals surface area contributed by atoms with E-state index in [0.717, 1.165) is 18.4 Å². The molecular formula is C15H19ClN2O. The largest absolute Gasteiger partial charge is 0.339 e. The van der Waals surface area contributed by atoms with Crippen LogP contribution in [0.15, 0.2) is 24.3 Å². The van der Waals surface area contributed by atoms with Crippen molar-refractivity contribution >= 4 is 17.5 Å². The Morgan fingerprint density at radius 1 is 1.37 bits per heavy atom. The summed E-state index contributed by atoms with van der Waals surface area (Å²) in [6, 6.07) is 9.56. The number of nitrogens with zero attached hydrogens (tertiary/aromatic N) is 2. The Hall–Kier alpha value is -1.53. The maximum Gasteiger partial charge on any atom is 0.222 e. The van der Waals surface area contributed by atoms with E-state index in [1.807, 2.05) is 25.1 Å². The molecule has 0 heterocycles. The fourth-order valence-electron chi connectivity index (χ4n) is 1.88. The first-order valence-corrected chi connectivity index (χ1v) is 7.08. The SMILES string of the molecule is CCN(Cc1ccccc1C#N)C(=O)CCCCCl. The number of carbonyl (C=O) groups is 1. The number of benzene rings is 1. The first-order chi connectivity index (χ1) is 9.22. The van der Waals surface area contributed by atoms with Crippen molar-refractivity contribution < 1.29 is 4.79 Å². The van der Waals surface area contributed by atoms with E-state index in [0.29, 0.717) is 31.0 Å². The smallest absolute Gasteiger partial charge is 0.222 e. The lowest BCUT2D eigenvalue weighted by atomic mass is 10.1. The second-order valence-electron chi connectivity index (χ2n) is 4.32. The van der Waals surface area contributed by atoms with Crippen molar-refractivity contribution in [3.05, 3.63) is 35.4 Å². The van der Waals surface area contributed by atoms with Crippen molar-refractivity contribution in [2.24, 2.45) is 0 Å². The van der Waals surface area contributed by atoms with Crippen molar-refractivity contribution in [3.8, 4) is 6.07 Å². The summed E-state index contributed by atoms with van der Waals surface area (Å²) in [5.74, 6) is 0.719. The van der Waals surface area contributed by atoms with E-state index in [2.05, 4.69) is 6.07 Å². The molecule has 0 N–H and O–H groups in total. The molecule has 1 aromatic rings. The van der Waals surface area contributed by atoms with Crippen LogP contribution in [0.4, 0.5) is 0 Å². The van der Waals surface area contributed by atoms with Crippen LogP contribution in [0.25, 0.3) is 0 Å². The molecule has 4 heteroatoms. The first-order valence-electron chi connectivity index (χ1n) is 6.54. The van der Waals surface area contributed by atoms with Gasteiger partial charge >= 0.3 is 0 Å². The van der Waals surface area contributed by atoms with Crippen LogP contribution in [-0.2, 0) is 11.3 Å². The summed E-state index contributed by atoms with van der Waals surface area (Å²) >= 11 is 5.61. The molecule has 1 rings (SSSR count). The number of rotatable bonds is 7. The molecule has 0 saturated carbocycles. The van der Waals surface area contributed by atoms with Gasteiger partial charge in [-0.15, -0.1) is 11.6 Å². The zero-order valence-electron chi connectivity index (χ0n) is 11.2. The van der Waals surface area contributed by atoms with Crippen LogP contribution >= 0.6 is 11.6 Å². The summed E-state index contributed by atoms with van der Waals surface area (Å²) in [6.45, 7) is 3.11. The number of amides is 1. The summed E-state index contributed by atoms with van der Waals surface area (Å²) in [4.78, 5) is 13.8. The Kier molecular flexibility index (Phi) is 6.99. The first kappa shape index (κ1) is 15.5. The van der Waals surface area contributed by atoms with Gasteiger partial charge in [-0.3, -0.25) is 4.79 Å². The normalized spacial score (nSPS) is 9.95. The highest BCUT2D eigenvalue weighted by atomic mass is 35.5. The lowest BCUT2D eigenvalue weighted by Gasteiger charge is -2.21. The number of alkyl halides is 1. The molecule has 0 atom stereocenters. The van der Waals surface area contributed by atoms with Gasteiger partial charge in [-0.25, -0.2) is 0 Å². The van der Waals surface area contributed by atoms with Crippen molar-refractivity contribution in [2.45, 2.75) is 32.7 Å². The average Bonchev–Trinajstić information content (AvgIpc) is 2.45. The maximum atomic E-state index is 12.1. The molecule has 0 aliphatic carbocycles. The van der Waals surface area contributed by atoms with Crippen molar-refractivity contribution in [2.75, 3.05) is 12.4 Å². The van der Waals surface area contributed by atoms with Crippen LogP contribution in [0.3, 0.4) is 0 Å². The Balaban J connectivity index is 2.66. The maximum absolute atomic E-state index is 12.1. The van der Waals surface area contributed by atoms with Crippen LogP contribution in [0, 0.1) is 11.3 Å². The van der Waals surface area contributed by atoms with Gasteiger partial charge in [0, 0.05) is 25.4 Å². The molecule has 0 saturated heterocycles. The van der Waals surface area contributed by atoms with Crippen molar-refractivity contribution in [3.63, 3.8) is 0 Å². The third-order valence-corrected chi connectivity index (χ3v) is 3.27. The highest BCUT2D eigenvalue weighted by Gasteiger charge is 2.13. The molecule has 0 radical (unpaired) electrons. The zero-order chi connectivity index (χ0) is 14.1. The monoisotopic (exact) mass is 278 g/mol. The number of hydrogen-bond donors (Lipinski definition) is 0. The second-order valence-corrected chi connectivity index (χ2v) is 4.70. The minimum Gasteiger partial charge on any atom is -0.339 e. The molecule has 1 aromatic carbocycles. The molecule has 0 fully saturated rings. The van der Waals surface area contributed by atoms with Crippen molar-refractivity contribution in [1.82, 2.24) is 4.90 Å². The Morgan fingerprint density at radius 2 is 2.11 bits per heavy atom. The van der Waals surface area contributed by atoms with Gasteiger partial charge in [0.1, 0.15) is 0 Å². The number of hydrogen-bond acceptors (Lipinski definition) is 2. The van der Waals surface area contributed by atoms with Gasteiger partial charge < -0.3 is 4.90 Å². The van der Waals surface area contributed by atoms with Crippen LogP contribution in [-0.4, -0.2) is 23.2 Å². The molecule has 0 aromatic heterocycles. The Labute approximate surface area is 119 Å². The van der Waals surface area contributed by atoms with Gasteiger partial charge in [0.25, 0.3) is 0 Å². The zero-order valence-corrected chi connectivity index (χ0v) is 12.0. The van der Waals surface area contributed by atoms with E-state index < -0.39 is 0 Å². The van der Waals surface area contributed by atoms with E-state index in [9.17, 15) is 4.79 Å². The van der Waals surface area contributed by atoms with Gasteiger partial charge in [-0.05, 0) is 31.4 Å². The predicted molar refractivity (Wildman–Crippen MR) is 76.8 cm³/mol. The summed E-state index contributed by atoms with van der Waals surface area (Å²) in [7, 11) is 0. The highest BCUT2D eigenvalue weighted by Crippen LogP contribution is 2.12. The molecule has 3 nitrogen and oxygen atoms in total. The summed E-state index contributed by atoms with van der Waals surface area (Å²) < 4.78 is 0. The summed E-state index contributed by atoms with van der Waals surface area (Å²) in [5.41, 5.74) is 1.53. The molecule has 19 heavy (non-hydrogen) atoms. The van der Waals surface area contributed by atoms with E-state index >= 15 is 0 Å². The molecule has 0 spiro atoms. The van der Waals surface area contributed by atoms with Crippen LogP contribution < -0.4 is 0 Å². The second kappa shape index (κ2) is 8.55. The Morgan fingerprint density at radius 3 is 2.74 bits per heavy atom. The Bertz CT molecular complexity index is 454. The topological polar surface area (TPSA) is 44.1 Å². The summed E-state index contributed by atoms with van der Waals surface area (Å²) in [6.07, 6.45) is 2.20. The third kappa shape index (κ3) is 4.92. The number of nitriles is 1. The highest BCUT2D eigenvalue weighted by molar-refractivity contribution is 6.17.